The second-order valence-electron chi connectivity index (χ2n) is 5.50. The maximum atomic E-state index is 6.13. The topological polar surface area (TPSA) is 22.1 Å². The van der Waals surface area contributed by atoms with Crippen LogP contribution in [-0.2, 0) is 5.88 Å². The average Bonchev–Trinajstić information content (AvgIpc) is 2.93. The zero-order chi connectivity index (χ0) is 15.4. The number of rotatable bonds is 6. The fourth-order valence-corrected chi connectivity index (χ4v) is 3.53. The summed E-state index contributed by atoms with van der Waals surface area (Å²) in [6, 6.07) is 6.34. The first kappa shape index (κ1) is 16.3. The maximum Gasteiger partial charge on any atom is 0.150 e. The van der Waals surface area contributed by atoms with Crippen LogP contribution in [0.3, 0.4) is 0 Å². The predicted molar refractivity (Wildman–Crippen MR) is 90.6 cm³/mol. The zero-order valence-electron chi connectivity index (χ0n) is 13.0. The van der Waals surface area contributed by atoms with Gasteiger partial charge in [0.05, 0.1) is 11.6 Å². The lowest BCUT2D eigenvalue weighted by atomic mass is 9.98. The van der Waals surface area contributed by atoms with Crippen LogP contribution in [0.4, 0.5) is 0 Å². The van der Waals surface area contributed by atoms with Crippen molar-refractivity contribution in [1.82, 2.24) is 4.98 Å². The molecule has 0 bridgehead atoms. The van der Waals surface area contributed by atoms with Crippen molar-refractivity contribution < 1.29 is 4.74 Å². The number of thiazole rings is 1. The van der Waals surface area contributed by atoms with E-state index in [4.69, 9.17) is 16.3 Å². The van der Waals surface area contributed by atoms with Gasteiger partial charge in [-0.25, -0.2) is 4.98 Å². The van der Waals surface area contributed by atoms with E-state index < -0.39 is 0 Å². The molecule has 0 fully saturated rings. The standard InChI is InChI=1S/C17H22ClNOS/c1-5-16(17-19-13(9-18)10-21-17)20-14-6-7-15(11(2)3)12(4)8-14/h6-8,10-11,16H,5,9H2,1-4H3. The zero-order valence-corrected chi connectivity index (χ0v) is 14.6. The fourth-order valence-electron chi connectivity index (χ4n) is 2.37. The molecule has 0 aliphatic heterocycles. The Morgan fingerprint density at radius 3 is 2.62 bits per heavy atom. The lowest BCUT2D eigenvalue weighted by molar-refractivity contribution is 0.200. The number of aromatic nitrogens is 1. The molecular formula is C17H22ClNOS. The Kier molecular flexibility index (Phi) is 5.65. The van der Waals surface area contributed by atoms with Crippen LogP contribution < -0.4 is 4.74 Å². The van der Waals surface area contributed by atoms with Crippen molar-refractivity contribution in [3.05, 3.63) is 45.4 Å². The molecule has 0 saturated heterocycles. The van der Waals surface area contributed by atoms with Crippen molar-refractivity contribution in [1.29, 1.82) is 0 Å². The minimum Gasteiger partial charge on any atom is -0.483 e. The predicted octanol–water partition coefficient (Wildman–Crippen LogP) is 5.84. The van der Waals surface area contributed by atoms with Gasteiger partial charge in [-0.3, -0.25) is 0 Å². The summed E-state index contributed by atoms with van der Waals surface area (Å²) in [7, 11) is 0. The number of hydrogen-bond acceptors (Lipinski definition) is 3. The van der Waals surface area contributed by atoms with Crippen LogP contribution >= 0.6 is 22.9 Å². The van der Waals surface area contributed by atoms with Crippen LogP contribution in [0.15, 0.2) is 23.6 Å². The van der Waals surface area contributed by atoms with E-state index in [1.54, 1.807) is 11.3 Å². The third-order valence-electron chi connectivity index (χ3n) is 3.49. The van der Waals surface area contributed by atoms with Crippen molar-refractivity contribution >= 4 is 22.9 Å². The van der Waals surface area contributed by atoms with Crippen molar-refractivity contribution in [2.45, 2.75) is 52.0 Å². The lowest BCUT2D eigenvalue weighted by Crippen LogP contribution is -2.07. The summed E-state index contributed by atoms with van der Waals surface area (Å²) in [5.41, 5.74) is 3.57. The highest BCUT2D eigenvalue weighted by molar-refractivity contribution is 7.09. The van der Waals surface area contributed by atoms with Gasteiger partial charge in [0, 0.05) is 5.38 Å². The van der Waals surface area contributed by atoms with Gasteiger partial charge >= 0.3 is 0 Å². The van der Waals surface area contributed by atoms with Gasteiger partial charge in [0.2, 0.25) is 0 Å². The van der Waals surface area contributed by atoms with Gasteiger partial charge in [-0.1, -0.05) is 26.8 Å². The number of hydrogen-bond donors (Lipinski definition) is 0. The van der Waals surface area contributed by atoms with Gasteiger partial charge in [0.15, 0.2) is 0 Å². The largest absolute Gasteiger partial charge is 0.483 e. The van der Waals surface area contributed by atoms with Gasteiger partial charge in [-0.15, -0.1) is 22.9 Å². The van der Waals surface area contributed by atoms with E-state index in [0.29, 0.717) is 11.8 Å². The molecule has 1 atom stereocenters. The van der Waals surface area contributed by atoms with Gasteiger partial charge in [0.25, 0.3) is 0 Å². The average molecular weight is 324 g/mol. The molecule has 0 saturated carbocycles. The number of alkyl halides is 1. The van der Waals surface area contributed by atoms with Crippen molar-refractivity contribution in [3.8, 4) is 5.75 Å². The highest BCUT2D eigenvalue weighted by atomic mass is 35.5. The van der Waals surface area contributed by atoms with Gasteiger partial charge in [-0.05, 0) is 42.5 Å². The summed E-state index contributed by atoms with van der Waals surface area (Å²) in [5, 5.41) is 3.00. The van der Waals surface area contributed by atoms with E-state index in [0.717, 1.165) is 22.9 Å². The fraction of sp³-hybridized carbons (Fsp3) is 0.471. The highest BCUT2D eigenvalue weighted by Crippen LogP contribution is 2.30. The van der Waals surface area contributed by atoms with Crippen LogP contribution in [0.2, 0.25) is 0 Å². The third-order valence-corrected chi connectivity index (χ3v) is 4.75. The van der Waals surface area contributed by atoms with Crippen LogP contribution in [0.1, 0.15) is 61.0 Å². The van der Waals surface area contributed by atoms with Crippen LogP contribution in [0.25, 0.3) is 0 Å². The highest BCUT2D eigenvalue weighted by Gasteiger charge is 2.16. The molecule has 2 nitrogen and oxygen atoms in total. The molecule has 1 heterocycles. The summed E-state index contributed by atoms with van der Waals surface area (Å²) in [5.74, 6) is 1.90. The number of ether oxygens (including phenoxy) is 1. The molecule has 0 aliphatic rings. The number of nitrogens with zero attached hydrogens (tertiary/aromatic N) is 1. The maximum absolute atomic E-state index is 6.13. The Balaban J connectivity index is 2.16. The third kappa shape index (κ3) is 3.98. The SMILES string of the molecule is CCC(Oc1ccc(C(C)C)c(C)c1)c1nc(CCl)cs1. The summed E-state index contributed by atoms with van der Waals surface area (Å²) >= 11 is 7.44. The van der Waals surface area contributed by atoms with Crippen molar-refractivity contribution in [3.63, 3.8) is 0 Å². The van der Waals surface area contributed by atoms with Crippen LogP contribution in [0, 0.1) is 6.92 Å². The first-order chi connectivity index (χ1) is 10.0. The first-order valence-electron chi connectivity index (χ1n) is 7.32. The minimum atomic E-state index is -0.00346. The molecule has 2 aromatic rings. The molecule has 0 N–H and O–H groups in total. The van der Waals surface area contributed by atoms with Crippen molar-refractivity contribution in [2.75, 3.05) is 0 Å². The molecule has 0 spiro atoms. The van der Waals surface area contributed by atoms with E-state index in [9.17, 15) is 0 Å². The van der Waals surface area contributed by atoms with E-state index in [1.165, 1.54) is 11.1 Å². The van der Waals surface area contributed by atoms with Crippen molar-refractivity contribution in [2.24, 2.45) is 0 Å². The summed E-state index contributed by atoms with van der Waals surface area (Å²) < 4.78 is 6.13. The number of aryl methyl sites for hydroxylation is 1. The van der Waals surface area contributed by atoms with E-state index in [-0.39, 0.29) is 6.10 Å². The smallest absolute Gasteiger partial charge is 0.150 e. The summed E-state index contributed by atoms with van der Waals surface area (Å²) in [6.45, 7) is 8.67. The van der Waals surface area contributed by atoms with Crippen LogP contribution in [-0.4, -0.2) is 4.98 Å². The molecule has 0 radical (unpaired) electrons. The molecule has 1 aromatic heterocycles. The van der Waals surface area contributed by atoms with E-state index >= 15 is 0 Å². The monoisotopic (exact) mass is 323 g/mol. The second kappa shape index (κ2) is 7.28. The molecule has 1 unspecified atom stereocenters. The van der Waals surface area contributed by atoms with E-state index in [1.807, 2.05) is 5.38 Å². The Morgan fingerprint density at radius 1 is 1.33 bits per heavy atom. The van der Waals surface area contributed by atoms with E-state index in [2.05, 4.69) is 50.9 Å². The molecule has 1 aromatic carbocycles. The second-order valence-corrected chi connectivity index (χ2v) is 6.66. The summed E-state index contributed by atoms with van der Waals surface area (Å²) in [4.78, 5) is 4.53. The Labute approximate surface area is 136 Å². The summed E-state index contributed by atoms with van der Waals surface area (Å²) in [6.07, 6.45) is 0.886. The normalized spacial score (nSPS) is 12.7. The number of benzene rings is 1. The van der Waals surface area contributed by atoms with Gasteiger partial charge in [-0.2, -0.15) is 0 Å². The van der Waals surface area contributed by atoms with Gasteiger partial charge < -0.3 is 4.74 Å². The molecule has 4 heteroatoms. The molecule has 0 amide bonds. The molecular weight excluding hydrogens is 302 g/mol. The molecule has 0 aliphatic carbocycles. The minimum absolute atomic E-state index is 0.00346. The molecule has 2 rings (SSSR count). The quantitative estimate of drug-likeness (QED) is 0.623. The Bertz CT molecular complexity index is 594. The molecule has 21 heavy (non-hydrogen) atoms. The Morgan fingerprint density at radius 2 is 2.10 bits per heavy atom. The van der Waals surface area contributed by atoms with Crippen LogP contribution in [0.5, 0.6) is 5.75 Å². The molecule has 114 valence electrons. The Hall–Kier alpha value is -1.06. The number of halogens is 1. The first-order valence-corrected chi connectivity index (χ1v) is 8.74. The lowest BCUT2D eigenvalue weighted by Gasteiger charge is -2.17. The van der Waals surface area contributed by atoms with Gasteiger partial charge in [0.1, 0.15) is 16.9 Å².